The second-order valence-electron chi connectivity index (χ2n) is 4.95. The summed E-state index contributed by atoms with van der Waals surface area (Å²) < 4.78 is 30.7. The molecule has 18 heavy (non-hydrogen) atoms. The summed E-state index contributed by atoms with van der Waals surface area (Å²) in [6, 6.07) is 0. The van der Waals surface area contributed by atoms with Crippen molar-refractivity contribution < 1.29 is 12.9 Å². The normalized spacial score (nSPS) is 19.6. The largest absolute Gasteiger partial charge is 0.339 e. The number of rotatable bonds is 3. The van der Waals surface area contributed by atoms with Gasteiger partial charge < -0.3 is 4.52 Å². The van der Waals surface area contributed by atoms with E-state index in [1.165, 1.54) is 0 Å². The van der Waals surface area contributed by atoms with E-state index in [0.717, 1.165) is 12.8 Å². The average molecular weight is 273 g/mol. The number of aryl methyl sites for hydroxylation is 1. The highest BCUT2D eigenvalue weighted by atomic mass is 32.2. The van der Waals surface area contributed by atoms with Crippen molar-refractivity contribution in [1.29, 1.82) is 0 Å². The SMILES string of the molecule is Cc1noc(C2CCN(S(=O)(=O)C(C)C)CC2)n1. The van der Waals surface area contributed by atoms with Gasteiger partial charge in [0.1, 0.15) is 0 Å². The Morgan fingerprint density at radius 2 is 1.94 bits per heavy atom. The maximum atomic E-state index is 12.0. The summed E-state index contributed by atoms with van der Waals surface area (Å²) in [4.78, 5) is 4.21. The van der Waals surface area contributed by atoms with Crippen LogP contribution in [-0.2, 0) is 10.0 Å². The predicted molar refractivity (Wildman–Crippen MR) is 66.6 cm³/mol. The molecule has 1 aromatic heterocycles. The van der Waals surface area contributed by atoms with Crippen LogP contribution in [-0.4, -0.2) is 41.2 Å². The van der Waals surface area contributed by atoms with Crippen molar-refractivity contribution >= 4 is 10.0 Å². The zero-order chi connectivity index (χ0) is 13.3. The fourth-order valence-electron chi connectivity index (χ4n) is 2.13. The summed E-state index contributed by atoms with van der Waals surface area (Å²) in [6.45, 7) is 6.27. The van der Waals surface area contributed by atoms with Gasteiger partial charge in [0.25, 0.3) is 0 Å². The topological polar surface area (TPSA) is 76.3 Å². The van der Waals surface area contributed by atoms with Crippen LogP contribution in [0.4, 0.5) is 0 Å². The van der Waals surface area contributed by atoms with Gasteiger partial charge in [-0.1, -0.05) is 5.16 Å². The highest BCUT2D eigenvalue weighted by molar-refractivity contribution is 7.89. The molecule has 2 rings (SSSR count). The van der Waals surface area contributed by atoms with Crippen LogP contribution in [0.5, 0.6) is 0 Å². The fourth-order valence-corrected chi connectivity index (χ4v) is 3.45. The minimum Gasteiger partial charge on any atom is -0.339 e. The lowest BCUT2D eigenvalue weighted by molar-refractivity contribution is 0.269. The summed E-state index contributed by atoms with van der Waals surface area (Å²) in [5, 5.41) is 3.41. The van der Waals surface area contributed by atoms with Gasteiger partial charge in [-0.25, -0.2) is 12.7 Å². The van der Waals surface area contributed by atoms with Gasteiger partial charge >= 0.3 is 0 Å². The summed E-state index contributed by atoms with van der Waals surface area (Å²) in [5.74, 6) is 1.45. The van der Waals surface area contributed by atoms with Gasteiger partial charge in [0, 0.05) is 19.0 Å². The molecular weight excluding hydrogens is 254 g/mol. The van der Waals surface area contributed by atoms with Crippen molar-refractivity contribution in [2.75, 3.05) is 13.1 Å². The van der Waals surface area contributed by atoms with Gasteiger partial charge in [0.15, 0.2) is 5.82 Å². The molecule has 1 fully saturated rings. The third-order valence-corrected chi connectivity index (χ3v) is 5.58. The molecule has 1 aliphatic heterocycles. The van der Waals surface area contributed by atoms with Crippen LogP contribution in [0, 0.1) is 6.92 Å². The molecule has 1 aromatic rings. The van der Waals surface area contributed by atoms with Gasteiger partial charge in [0.2, 0.25) is 15.9 Å². The van der Waals surface area contributed by atoms with E-state index in [0.29, 0.717) is 24.8 Å². The second-order valence-corrected chi connectivity index (χ2v) is 7.44. The molecule has 1 saturated heterocycles. The van der Waals surface area contributed by atoms with Gasteiger partial charge in [-0.15, -0.1) is 0 Å². The molecule has 0 aliphatic carbocycles. The van der Waals surface area contributed by atoms with Crippen LogP contribution < -0.4 is 0 Å². The highest BCUT2D eigenvalue weighted by Crippen LogP contribution is 2.28. The van der Waals surface area contributed by atoms with Gasteiger partial charge in [-0.2, -0.15) is 4.98 Å². The first-order chi connectivity index (χ1) is 8.41. The molecule has 0 atom stereocenters. The number of hydrogen-bond donors (Lipinski definition) is 0. The van der Waals surface area contributed by atoms with Crippen molar-refractivity contribution in [1.82, 2.24) is 14.4 Å². The maximum Gasteiger partial charge on any atom is 0.229 e. The lowest BCUT2D eigenvalue weighted by Crippen LogP contribution is -2.41. The van der Waals surface area contributed by atoms with Crippen LogP contribution in [0.3, 0.4) is 0 Å². The third-order valence-electron chi connectivity index (χ3n) is 3.30. The van der Waals surface area contributed by atoms with E-state index < -0.39 is 10.0 Å². The number of nitrogens with zero attached hydrogens (tertiary/aromatic N) is 3. The van der Waals surface area contributed by atoms with Crippen molar-refractivity contribution in [3.05, 3.63) is 11.7 Å². The Kier molecular flexibility index (Phi) is 3.72. The van der Waals surface area contributed by atoms with E-state index in [-0.39, 0.29) is 11.2 Å². The molecule has 0 aromatic carbocycles. The standard InChI is InChI=1S/C11H19N3O3S/c1-8(2)18(15,16)14-6-4-10(5-7-14)11-12-9(3)13-17-11/h8,10H,4-7H2,1-3H3. The summed E-state index contributed by atoms with van der Waals surface area (Å²) in [7, 11) is -3.13. The van der Waals surface area contributed by atoms with Crippen LogP contribution in [0.25, 0.3) is 0 Å². The Morgan fingerprint density at radius 3 is 2.39 bits per heavy atom. The van der Waals surface area contributed by atoms with Gasteiger partial charge in [0.05, 0.1) is 5.25 Å². The summed E-state index contributed by atoms with van der Waals surface area (Å²) in [5.41, 5.74) is 0. The lowest BCUT2D eigenvalue weighted by Gasteiger charge is -2.30. The lowest BCUT2D eigenvalue weighted by atomic mass is 9.98. The van der Waals surface area contributed by atoms with E-state index in [1.54, 1.807) is 25.1 Å². The smallest absolute Gasteiger partial charge is 0.229 e. The van der Waals surface area contributed by atoms with E-state index in [9.17, 15) is 8.42 Å². The monoisotopic (exact) mass is 273 g/mol. The summed E-state index contributed by atoms with van der Waals surface area (Å²) in [6.07, 6.45) is 1.49. The first kappa shape index (κ1) is 13.5. The maximum absolute atomic E-state index is 12.0. The fraction of sp³-hybridized carbons (Fsp3) is 0.818. The third kappa shape index (κ3) is 2.56. The highest BCUT2D eigenvalue weighted by Gasteiger charge is 2.32. The van der Waals surface area contributed by atoms with Crippen molar-refractivity contribution in [2.45, 2.75) is 44.8 Å². The molecule has 7 heteroatoms. The molecule has 0 radical (unpaired) electrons. The van der Waals surface area contributed by atoms with E-state index in [1.807, 2.05) is 0 Å². The Hall–Kier alpha value is -0.950. The zero-order valence-corrected chi connectivity index (χ0v) is 11.8. The Labute approximate surface area is 107 Å². The van der Waals surface area contributed by atoms with Crippen LogP contribution >= 0.6 is 0 Å². The molecular formula is C11H19N3O3S. The van der Waals surface area contributed by atoms with Crippen molar-refractivity contribution in [3.8, 4) is 0 Å². The van der Waals surface area contributed by atoms with E-state index in [4.69, 9.17) is 4.52 Å². The minimum absolute atomic E-state index is 0.185. The van der Waals surface area contributed by atoms with Crippen molar-refractivity contribution in [2.24, 2.45) is 0 Å². The number of hydrogen-bond acceptors (Lipinski definition) is 5. The average Bonchev–Trinajstić information content (AvgIpc) is 2.76. The second kappa shape index (κ2) is 4.97. The van der Waals surface area contributed by atoms with Crippen molar-refractivity contribution in [3.63, 3.8) is 0 Å². The molecule has 102 valence electrons. The zero-order valence-electron chi connectivity index (χ0n) is 11.0. The summed E-state index contributed by atoms with van der Waals surface area (Å²) >= 11 is 0. The van der Waals surface area contributed by atoms with E-state index in [2.05, 4.69) is 10.1 Å². The van der Waals surface area contributed by atoms with E-state index >= 15 is 0 Å². The minimum atomic E-state index is -3.13. The molecule has 1 aliphatic rings. The van der Waals surface area contributed by atoms with Gasteiger partial charge in [-0.05, 0) is 33.6 Å². The molecule has 0 saturated carbocycles. The van der Waals surface area contributed by atoms with Crippen LogP contribution in [0.1, 0.15) is 44.3 Å². The molecule has 6 nitrogen and oxygen atoms in total. The molecule has 0 N–H and O–H groups in total. The molecule has 2 heterocycles. The first-order valence-electron chi connectivity index (χ1n) is 6.20. The number of aromatic nitrogens is 2. The number of piperidine rings is 1. The molecule has 0 spiro atoms. The molecule has 0 unspecified atom stereocenters. The first-order valence-corrected chi connectivity index (χ1v) is 7.70. The Balaban J connectivity index is 2.01. The van der Waals surface area contributed by atoms with Gasteiger partial charge in [-0.3, -0.25) is 0 Å². The Morgan fingerprint density at radius 1 is 1.33 bits per heavy atom. The Bertz CT molecular complexity index is 501. The quantitative estimate of drug-likeness (QED) is 0.829. The molecule has 0 amide bonds. The van der Waals surface area contributed by atoms with Crippen LogP contribution in [0.2, 0.25) is 0 Å². The van der Waals surface area contributed by atoms with Crippen LogP contribution in [0.15, 0.2) is 4.52 Å². The number of sulfonamides is 1. The predicted octanol–water partition coefficient (Wildman–Crippen LogP) is 1.30. The molecule has 0 bridgehead atoms.